The molecule has 1 amide bonds. The third-order valence-corrected chi connectivity index (χ3v) is 6.04. The minimum Gasteiger partial charge on any atom is -0.483 e. The molecule has 1 fully saturated rings. The fourth-order valence-corrected chi connectivity index (χ4v) is 4.22. The average molecular weight is 457 g/mol. The van der Waals surface area contributed by atoms with Crippen molar-refractivity contribution in [1.82, 2.24) is 20.0 Å². The third-order valence-electron chi connectivity index (χ3n) is 5.80. The summed E-state index contributed by atoms with van der Waals surface area (Å²) in [6, 6.07) is 13.9. The van der Waals surface area contributed by atoms with E-state index >= 15 is 0 Å². The predicted octanol–water partition coefficient (Wildman–Crippen LogP) is 4.37. The van der Waals surface area contributed by atoms with Gasteiger partial charge >= 0.3 is 0 Å². The lowest BCUT2D eigenvalue weighted by Crippen LogP contribution is -2.58. The molecule has 8 heteroatoms. The maximum atomic E-state index is 13.2. The Morgan fingerprint density at radius 2 is 1.94 bits per heavy atom. The lowest BCUT2D eigenvalue weighted by Gasteiger charge is -2.44. The van der Waals surface area contributed by atoms with Crippen LogP contribution in [-0.2, 0) is 11.3 Å². The molecule has 2 unspecified atom stereocenters. The topological polar surface area (TPSA) is 61.5 Å². The molecule has 1 aromatic heterocycles. The van der Waals surface area contributed by atoms with Crippen LogP contribution in [0.5, 0.6) is 5.75 Å². The number of halogens is 2. The van der Waals surface area contributed by atoms with Crippen LogP contribution in [-0.4, -0.2) is 57.7 Å². The van der Waals surface area contributed by atoms with E-state index in [9.17, 15) is 9.18 Å². The smallest absolute Gasteiger partial charge is 0.260 e. The number of benzene rings is 2. The second-order valence-electron chi connectivity index (χ2n) is 8.19. The minimum atomic E-state index is -0.235. The van der Waals surface area contributed by atoms with Crippen LogP contribution in [0.25, 0.3) is 11.3 Å². The number of piperazine rings is 1. The Morgan fingerprint density at radius 3 is 2.66 bits per heavy atom. The molecule has 0 saturated carbocycles. The van der Waals surface area contributed by atoms with Crippen molar-refractivity contribution in [2.24, 2.45) is 0 Å². The van der Waals surface area contributed by atoms with Gasteiger partial charge in [-0.3, -0.25) is 14.8 Å². The summed E-state index contributed by atoms with van der Waals surface area (Å²) in [7, 11) is 0. The van der Waals surface area contributed by atoms with Crippen LogP contribution < -0.4 is 4.74 Å². The molecule has 6 nitrogen and oxygen atoms in total. The quantitative estimate of drug-likeness (QED) is 0.598. The Labute approximate surface area is 191 Å². The number of aromatic amines is 1. The second-order valence-corrected chi connectivity index (χ2v) is 8.63. The first-order valence-corrected chi connectivity index (χ1v) is 11.0. The van der Waals surface area contributed by atoms with Gasteiger partial charge in [-0.25, -0.2) is 4.39 Å². The first-order chi connectivity index (χ1) is 15.4. The van der Waals surface area contributed by atoms with Gasteiger partial charge in [0.05, 0.1) is 5.69 Å². The molecule has 32 heavy (non-hydrogen) atoms. The monoisotopic (exact) mass is 456 g/mol. The van der Waals surface area contributed by atoms with Crippen LogP contribution in [0.15, 0.2) is 54.7 Å². The van der Waals surface area contributed by atoms with Gasteiger partial charge in [0.1, 0.15) is 11.6 Å². The summed E-state index contributed by atoms with van der Waals surface area (Å²) in [5.41, 5.74) is 2.49. The lowest BCUT2D eigenvalue weighted by atomic mass is 10.1. The lowest BCUT2D eigenvalue weighted by molar-refractivity contribution is -0.139. The molecule has 1 aliphatic rings. The second kappa shape index (κ2) is 9.71. The molecule has 4 rings (SSSR count). The number of H-pyrrole nitrogens is 1. The molecule has 168 valence electrons. The van der Waals surface area contributed by atoms with E-state index in [1.165, 1.54) is 12.1 Å². The minimum absolute atomic E-state index is 0.0405. The van der Waals surface area contributed by atoms with Crippen molar-refractivity contribution in [1.29, 1.82) is 0 Å². The summed E-state index contributed by atoms with van der Waals surface area (Å²) < 4.78 is 19.1. The fraction of sp³-hybridized carbons (Fsp3) is 0.333. The van der Waals surface area contributed by atoms with E-state index in [0.29, 0.717) is 23.0 Å². The van der Waals surface area contributed by atoms with Crippen molar-refractivity contribution < 1.29 is 13.9 Å². The van der Waals surface area contributed by atoms with E-state index in [4.69, 9.17) is 16.3 Å². The zero-order valence-corrected chi connectivity index (χ0v) is 18.8. The summed E-state index contributed by atoms with van der Waals surface area (Å²) in [4.78, 5) is 17.2. The maximum Gasteiger partial charge on any atom is 0.260 e. The summed E-state index contributed by atoms with van der Waals surface area (Å²) in [6.45, 7) is 6.15. The Hall–Kier alpha value is -2.90. The number of carbonyl (C=O) groups excluding carboxylic acids is 1. The van der Waals surface area contributed by atoms with Crippen LogP contribution in [0.1, 0.15) is 19.4 Å². The molecule has 2 aromatic carbocycles. The average Bonchev–Trinajstić information content (AvgIpc) is 3.31. The van der Waals surface area contributed by atoms with E-state index in [-0.39, 0.29) is 30.4 Å². The van der Waals surface area contributed by atoms with Crippen LogP contribution in [0.3, 0.4) is 0 Å². The molecule has 0 spiro atoms. The predicted molar refractivity (Wildman–Crippen MR) is 122 cm³/mol. The Morgan fingerprint density at radius 1 is 1.16 bits per heavy atom. The standard InChI is InChI=1S/C24H26ClFN4O2/c1-16-13-30(17(2)12-29(16)14-18-3-6-20(26)7-4-18)24(31)15-32-23-8-5-19(25)11-21(23)22-9-10-27-28-22/h3-11,16-17H,12-15H2,1-2H3,(H,27,28). The summed E-state index contributed by atoms with van der Waals surface area (Å²) in [5.74, 6) is 0.265. The van der Waals surface area contributed by atoms with Crippen molar-refractivity contribution in [2.75, 3.05) is 19.7 Å². The number of ether oxygens (including phenoxy) is 1. The van der Waals surface area contributed by atoms with Gasteiger partial charge in [0.2, 0.25) is 0 Å². The fourth-order valence-electron chi connectivity index (χ4n) is 4.05. The maximum absolute atomic E-state index is 13.2. The highest BCUT2D eigenvalue weighted by Crippen LogP contribution is 2.31. The van der Waals surface area contributed by atoms with Crippen molar-refractivity contribution in [3.63, 3.8) is 0 Å². The molecule has 0 radical (unpaired) electrons. The highest BCUT2D eigenvalue weighted by molar-refractivity contribution is 6.30. The van der Waals surface area contributed by atoms with E-state index in [0.717, 1.165) is 24.2 Å². The first-order valence-electron chi connectivity index (χ1n) is 10.6. The van der Waals surface area contributed by atoms with E-state index < -0.39 is 0 Å². The van der Waals surface area contributed by atoms with Gasteiger partial charge < -0.3 is 9.64 Å². The number of nitrogens with zero attached hydrogens (tertiary/aromatic N) is 3. The number of carbonyl (C=O) groups is 1. The van der Waals surface area contributed by atoms with Gasteiger partial charge in [-0.05, 0) is 55.8 Å². The summed E-state index contributed by atoms with van der Waals surface area (Å²) in [6.07, 6.45) is 1.72. The van der Waals surface area contributed by atoms with E-state index in [1.54, 1.807) is 36.5 Å². The molecular weight excluding hydrogens is 431 g/mol. The Bertz CT molecular complexity index is 1060. The van der Waals surface area contributed by atoms with Gasteiger partial charge in [-0.1, -0.05) is 23.7 Å². The van der Waals surface area contributed by atoms with Gasteiger partial charge in [0.25, 0.3) is 5.91 Å². The zero-order valence-electron chi connectivity index (χ0n) is 18.1. The Balaban J connectivity index is 1.38. The SMILES string of the molecule is CC1CN(C(=O)COc2ccc(Cl)cc2-c2cc[nH]n2)C(C)CN1Cc1ccc(F)cc1. The normalized spacial score (nSPS) is 19.2. The largest absolute Gasteiger partial charge is 0.483 e. The number of aromatic nitrogens is 2. The molecular formula is C24H26ClFN4O2. The molecule has 1 aliphatic heterocycles. The van der Waals surface area contributed by atoms with Crippen molar-refractivity contribution in [3.05, 3.63) is 71.1 Å². The van der Waals surface area contributed by atoms with Crippen LogP contribution >= 0.6 is 11.6 Å². The third kappa shape index (κ3) is 5.11. The molecule has 1 N–H and O–H groups in total. The highest BCUT2D eigenvalue weighted by atomic mass is 35.5. The first kappa shape index (κ1) is 22.3. The molecule has 0 bridgehead atoms. The van der Waals surface area contributed by atoms with Crippen LogP contribution in [0.2, 0.25) is 5.02 Å². The van der Waals surface area contributed by atoms with Gasteiger partial charge in [0.15, 0.2) is 6.61 Å². The molecule has 0 aliphatic carbocycles. The van der Waals surface area contributed by atoms with Gasteiger partial charge in [-0.15, -0.1) is 0 Å². The number of amides is 1. The van der Waals surface area contributed by atoms with Crippen LogP contribution in [0.4, 0.5) is 4.39 Å². The van der Waals surface area contributed by atoms with Crippen molar-refractivity contribution in [3.8, 4) is 17.0 Å². The van der Waals surface area contributed by atoms with Crippen LogP contribution in [0, 0.1) is 5.82 Å². The van der Waals surface area contributed by atoms with Crippen molar-refractivity contribution >= 4 is 17.5 Å². The van der Waals surface area contributed by atoms with Crippen molar-refractivity contribution in [2.45, 2.75) is 32.5 Å². The van der Waals surface area contributed by atoms with Gasteiger partial charge in [-0.2, -0.15) is 5.10 Å². The molecule has 1 saturated heterocycles. The summed E-state index contributed by atoms with van der Waals surface area (Å²) in [5, 5.41) is 7.54. The van der Waals surface area contributed by atoms with E-state index in [2.05, 4.69) is 22.0 Å². The molecule has 2 heterocycles. The highest BCUT2D eigenvalue weighted by Gasteiger charge is 2.32. The van der Waals surface area contributed by atoms with E-state index in [1.807, 2.05) is 17.9 Å². The number of hydrogen-bond acceptors (Lipinski definition) is 4. The number of rotatable bonds is 6. The zero-order chi connectivity index (χ0) is 22.7. The van der Waals surface area contributed by atoms with Gasteiger partial charge in [0, 0.05) is 48.5 Å². The summed E-state index contributed by atoms with van der Waals surface area (Å²) >= 11 is 6.14. The molecule has 3 aromatic rings. The number of hydrogen-bond donors (Lipinski definition) is 1. The Kier molecular flexibility index (Phi) is 6.77. The molecule has 2 atom stereocenters. The number of nitrogens with one attached hydrogen (secondary N) is 1.